The molecule has 0 bridgehead atoms. The molecule has 0 radical (unpaired) electrons. The number of alkyl halides is 6. The van der Waals surface area contributed by atoms with Crippen LogP contribution in [0, 0.1) is 0 Å². The molecule has 2 rings (SSSR count). The number of anilines is 1. The lowest BCUT2D eigenvalue weighted by Gasteiger charge is -2.15. The zero-order chi connectivity index (χ0) is 22.5. The summed E-state index contributed by atoms with van der Waals surface area (Å²) in [5.41, 5.74) is -0.0842. The number of amides is 2. The Bertz CT molecular complexity index is 896. The number of para-hydroxylation sites is 2. The van der Waals surface area contributed by atoms with Gasteiger partial charge in [0.05, 0.1) is 30.5 Å². The highest BCUT2D eigenvalue weighted by Crippen LogP contribution is 2.36. The van der Waals surface area contributed by atoms with Gasteiger partial charge >= 0.3 is 12.4 Å². The summed E-state index contributed by atoms with van der Waals surface area (Å²) >= 11 is 0. The predicted molar refractivity (Wildman–Crippen MR) is 93.5 cm³/mol. The molecule has 0 aliphatic carbocycles. The molecule has 0 saturated heterocycles. The number of nitrogens with one attached hydrogen (secondary N) is 3. The van der Waals surface area contributed by atoms with E-state index in [1.165, 1.54) is 7.11 Å². The van der Waals surface area contributed by atoms with Crippen molar-refractivity contribution in [3.63, 3.8) is 0 Å². The van der Waals surface area contributed by atoms with Crippen LogP contribution in [-0.2, 0) is 17.1 Å². The molecule has 0 spiro atoms. The van der Waals surface area contributed by atoms with E-state index in [0.29, 0.717) is 11.4 Å². The number of hydrogen-bond acceptors (Lipinski definition) is 4. The molecule has 3 N–H and O–H groups in total. The molecule has 2 aromatic rings. The SMILES string of the molecule is COc1ccccc1NCC(=O)NNC(=O)c1cc(C(F)(F)F)cc(C(F)(F)F)c1. The van der Waals surface area contributed by atoms with E-state index >= 15 is 0 Å². The molecule has 0 aliphatic rings. The molecule has 2 amide bonds. The molecule has 0 unspecified atom stereocenters. The van der Waals surface area contributed by atoms with Gasteiger partial charge in [-0.05, 0) is 30.3 Å². The Hall–Kier alpha value is -3.44. The number of halogens is 6. The molecule has 6 nitrogen and oxygen atoms in total. The number of methoxy groups -OCH3 is 1. The van der Waals surface area contributed by atoms with Gasteiger partial charge in [0.25, 0.3) is 11.8 Å². The Kier molecular flexibility index (Phi) is 6.80. The van der Waals surface area contributed by atoms with Gasteiger partial charge in [0, 0.05) is 5.56 Å². The molecule has 0 saturated carbocycles. The van der Waals surface area contributed by atoms with Gasteiger partial charge in [0.1, 0.15) is 5.75 Å². The molecule has 162 valence electrons. The van der Waals surface area contributed by atoms with E-state index in [0.717, 1.165) is 0 Å². The van der Waals surface area contributed by atoms with E-state index in [1.54, 1.807) is 29.7 Å². The fourth-order valence-electron chi connectivity index (χ4n) is 2.30. The van der Waals surface area contributed by atoms with Crippen LogP contribution in [0.3, 0.4) is 0 Å². The molecule has 0 aliphatic heterocycles. The number of rotatable bonds is 5. The number of carbonyl (C=O) groups excluding carboxylic acids is 2. The van der Waals surface area contributed by atoms with Gasteiger partial charge in [-0.1, -0.05) is 12.1 Å². The average molecular weight is 435 g/mol. The highest BCUT2D eigenvalue weighted by molar-refractivity contribution is 5.96. The first-order chi connectivity index (χ1) is 13.9. The molecule has 0 fully saturated rings. The van der Waals surface area contributed by atoms with Crippen LogP contribution < -0.4 is 20.9 Å². The Labute approximate surface area is 166 Å². The van der Waals surface area contributed by atoms with Crippen LogP contribution in [0.1, 0.15) is 21.5 Å². The Balaban J connectivity index is 2.06. The van der Waals surface area contributed by atoms with Crippen LogP contribution in [0.15, 0.2) is 42.5 Å². The largest absolute Gasteiger partial charge is 0.495 e. The van der Waals surface area contributed by atoms with Crippen molar-refractivity contribution >= 4 is 17.5 Å². The lowest BCUT2D eigenvalue weighted by molar-refractivity contribution is -0.143. The van der Waals surface area contributed by atoms with Crippen LogP contribution >= 0.6 is 0 Å². The van der Waals surface area contributed by atoms with Crippen LogP contribution in [0.4, 0.5) is 32.0 Å². The van der Waals surface area contributed by atoms with Crippen molar-refractivity contribution in [3.8, 4) is 5.75 Å². The lowest BCUT2D eigenvalue weighted by Crippen LogP contribution is -2.44. The van der Waals surface area contributed by atoms with Gasteiger partial charge in [-0.2, -0.15) is 26.3 Å². The van der Waals surface area contributed by atoms with Crippen molar-refractivity contribution in [2.45, 2.75) is 12.4 Å². The van der Waals surface area contributed by atoms with E-state index in [-0.39, 0.29) is 24.7 Å². The van der Waals surface area contributed by atoms with Crippen molar-refractivity contribution in [2.75, 3.05) is 19.0 Å². The van der Waals surface area contributed by atoms with E-state index in [2.05, 4.69) is 5.32 Å². The zero-order valence-corrected chi connectivity index (χ0v) is 15.2. The van der Waals surface area contributed by atoms with E-state index in [4.69, 9.17) is 4.74 Å². The summed E-state index contributed by atoms with van der Waals surface area (Å²) in [6, 6.07) is 6.98. The fourth-order valence-corrected chi connectivity index (χ4v) is 2.30. The highest BCUT2D eigenvalue weighted by atomic mass is 19.4. The summed E-state index contributed by atoms with van der Waals surface area (Å²) in [6.45, 7) is -0.364. The van der Waals surface area contributed by atoms with Crippen molar-refractivity contribution in [3.05, 3.63) is 59.2 Å². The van der Waals surface area contributed by atoms with E-state index < -0.39 is 40.9 Å². The molecule has 30 heavy (non-hydrogen) atoms. The van der Waals surface area contributed by atoms with Crippen molar-refractivity contribution in [1.29, 1.82) is 0 Å². The molecular formula is C18H15F6N3O3. The van der Waals surface area contributed by atoms with Gasteiger partial charge in [-0.25, -0.2) is 0 Å². The number of carbonyl (C=O) groups is 2. The minimum absolute atomic E-state index is 0.105. The maximum absolute atomic E-state index is 12.8. The first kappa shape index (κ1) is 22.8. The smallest absolute Gasteiger partial charge is 0.416 e. The first-order valence-electron chi connectivity index (χ1n) is 8.17. The second-order valence-corrected chi connectivity index (χ2v) is 5.85. The minimum atomic E-state index is -5.10. The van der Waals surface area contributed by atoms with Crippen LogP contribution in [0.25, 0.3) is 0 Å². The minimum Gasteiger partial charge on any atom is -0.495 e. The van der Waals surface area contributed by atoms with Crippen LogP contribution in [0.2, 0.25) is 0 Å². The quantitative estimate of drug-likeness (QED) is 0.495. The first-order valence-corrected chi connectivity index (χ1v) is 8.17. The van der Waals surface area contributed by atoms with Crippen molar-refractivity contribution in [1.82, 2.24) is 10.9 Å². The molecule has 2 aromatic carbocycles. The second kappa shape index (κ2) is 8.93. The third-order valence-corrected chi connectivity index (χ3v) is 3.71. The van der Waals surface area contributed by atoms with Crippen molar-refractivity contribution < 1.29 is 40.7 Å². The number of ether oxygens (including phenoxy) is 1. The maximum atomic E-state index is 12.8. The molecular weight excluding hydrogens is 420 g/mol. The summed E-state index contributed by atoms with van der Waals surface area (Å²) in [5.74, 6) is -1.73. The summed E-state index contributed by atoms with van der Waals surface area (Å²) in [6.07, 6.45) is -10.2. The number of hydrazine groups is 1. The molecule has 0 aromatic heterocycles. The van der Waals surface area contributed by atoms with Gasteiger partial charge in [0.15, 0.2) is 0 Å². The van der Waals surface area contributed by atoms with Gasteiger partial charge < -0.3 is 10.1 Å². The topological polar surface area (TPSA) is 79.5 Å². The van der Waals surface area contributed by atoms with Gasteiger partial charge in [0.2, 0.25) is 0 Å². The third kappa shape index (κ3) is 6.03. The molecule has 0 atom stereocenters. The normalized spacial score (nSPS) is 11.6. The van der Waals surface area contributed by atoms with Crippen LogP contribution in [0.5, 0.6) is 5.75 Å². The maximum Gasteiger partial charge on any atom is 0.416 e. The summed E-state index contributed by atoms with van der Waals surface area (Å²) in [7, 11) is 1.41. The predicted octanol–water partition coefficient (Wildman–Crippen LogP) is 3.61. The Morgan fingerprint density at radius 3 is 2.00 bits per heavy atom. The zero-order valence-electron chi connectivity index (χ0n) is 15.2. The summed E-state index contributed by atoms with van der Waals surface area (Å²) in [5, 5.41) is 2.70. The number of benzene rings is 2. The summed E-state index contributed by atoms with van der Waals surface area (Å²) < 4.78 is 82.2. The lowest BCUT2D eigenvalue weighted by atomic mass is 10.0. The Morgan fingerprint density at radius 1 is 0.900 bits per heavy atom. The van der Waals surface area contributed by atoms with Gasteiger partial charge in [-0.3, -0.25) is 20.4 Å². The van der Waals surface area contributed by atoms with Crippen LogP contribution in [-0.4, -0.2) is 25.5 Å². The van der Waals surface area contributed by atoms with Crippen molar-refractivity contribution in [2.24, 2.45) is 0 Å². The van der Waals surface area contributed by atoms with E-state index in [9.17, 15) is 35.9 Å². The second-order valence-electron chi connectivity index (χ2n) is 5.85. The highest BCUT2D eigenvalue weighted by Gasteiger charge is 2.37. The van der Waals surface area contributed by atoms with E-state index in [1.807, 2.05) is 5.43 Å². The van der Waals surface area contributed by atoms with Gasteiger partial charge in [-0.15, -0.1) is 0 Å². The standard InChI is InChI=1S/C18H15F6N3O3/c1-30-14-5-3-2-4-13(14)25-9-15(28)26-27-16(29)10-6-11(17(19,20)21)8-12(7-10)18(22,23)24/h2-8,25H,9H2,1H3,(H,26,28)(H,27,29). The fraction of sp³-hybridized carbons (Fsp3) is 0.222. The molecule has 0 heterocycles. The third-order valence-electron chi connectivity index (χ3n) is 3.71. The monoisotopic (exact) mass is 435 g/mol. The Morgan fingerprint density at radius 2 is 1.47 bits per heavy atom. The average Bonchev–Trinajstić information content (AvgIpc) is 2.68. The molecule has 12 heteroatoms. The summed E-state index contributed by atoms with van der Waals surface area (Å²) in [4.78, 5) is 23.8. The number of hydrogen-bond donors (Lipinski definition) is 3.